The minimum absolute atomic E-state index is 0.0767. The van der Waals surface area contributed by atoms with E-state index in [4.69, 9.17) is 22.7 Å². The van der Waals surface area contributed by atoms with Gasteiger partial charge in [0.15, 0.2) is 0 Å². The quantitative estimate of drug-likeness (QED) is 0.648. The number of methoxy groups -OCH3 is 1. The summed E-state index contributed by atoms with van der Waals surface area (Å²) in [5.74, 6) is -0.0767. The van der Waals surface area contributed by atoms with Gasteiger partial charge in [-0.2, -0.15) is 0 Å². The number of nitrogens with two attached hydrogens (primary N) is 1. The van der Waals surface area contributed by atoms with Gasteiger partial charge < -0.3 is 15.8 Å². The second-order valence-electron chi connectivity index (χ2n) is 4.54. The average Bonchev–Trinajstić information content (AvgIpc) is 2.41. The molecule has 0 aliphatic carbocycles. The lowest BCUT2D eigenvalue weighted by atomic mass is 10.3. The Balaban J connectivity index is 2.51. The highest BCUT2D eigenvalue weighted by atomic mass is 79.9. The van der Waals surface area contributed by atoms with Crippen LogP contribution in [0.4, 0.5) is 5.69 Å². The topological polar surface area (TPSA) is 67.6 Å². The van der Waals surface area contributed by atoms with E-state index in [1.165, 1.54) is 0 Å². The maximum Gasteiger partial charge on any atom is 0.238 e. The summed E-state index contributed by atoms with van der Waals surface area (Å²) in [7, 11) is 1.63. The Labute approximate surface area is 139 Å². The number of nitrogens with zero attached hydrogens (tertiary/aromatic N) is 1. The number of ether oxygens (including phenoxy) is 1. The van der Waals surface area contributed by atoms with Crippen LogP contribution in [-0.2, 0) is 9.53 Å². The highest BCUT2D eigenvalue weighted by Gasteiger charge is 2.11. The van der Waals surface area contributed by atoms with Crippen LogP contribution in [0.5, 0.6) is 0 Å². The average molecular weight is 374 g/mol. The molecule has 1 aromatic rings. The molecule has 1 amide bonds. The van der Waals surface area contributed by atoms with Crippen LogP contribution in [-0.4, -0.2) is 49.1 Å². The first-order chi connectivity index (χ1) is 10.0. The molecule has 21 heavy (non-hydrogen) atoms. The first kappa shape index (κ1) is 18.0. The van der Waals surface area contributed by atoms with Crippen molar-refractivity contribution in [2.45, 2.75) is 6.42 Å². The van der Waals surface area contributed by atoms with Gasteiger partial charge in [-0.1, -0.05) is 34.2 Å². The van der Waals surface area contributed by atoms with E-state index in [9.17, 15) is 4.79 Å². The Kier molecular flexibility index (Phi) is 8.44. The van der Waals surface area contributed by atoms with Gasteiger partial charge >= 0.3 is 0 Å². The zero-order valence-electron chi connectivity index (χ0n) is 12.0. The first-order valence-corrected chi connectivity index (χ1v) is 7.76. The molecule has 0 bridgehead atoms. The van der Waals surface area contributed by atoms with E-state index in [1.807, 2.05) is 29.2 Å². The summed E-state index contributed by atoms with van der Waals surface area (Å²) >= 11 is 8.24. The van der Waals surface area contributed by atoms with E-state index in [2.05, 4.69) is 21.2 Å². The summed E-state index contributed by atoms with van der Waals surface area (Å²) in [6, 6.07) is 7.47. The number of halogens is 1. The Morgan fingerprint density at radius 3 is 2.86 bits per heavy atom. The molecular weight excluding hydrogens is 354 g/mol. The van der Waals surface area contributed by atoms with Crippen molar-refractivity contribution in [2.24, 2.45) is 5.73 Å². The molecule has 0 radical (unpaired) electrons. The van der Waals surface area contributed by atoms with Crippen molar-refractivity contribution in [2.75, 3.05) is 38.7 Å². The van der Waals surface area contributed by atoms with Crippen LogP contribution in [0.2, 0.25) is 0 Å². The summed E-state index contributed by atoms with van der Waals surface area (Å²) in [6.07, 6.45) is 0.587. The molecule has 0 aromatic heterocycles. The number of amides is 1. The number of carbonyl (C=O) groups excluding carboxylic acids is 1. The number of anilines is 1. The number of nitrogens with one attached hydrogen (secondary N) is 1. The molecule has 0 saturated carbocycles. The van der Waals surface area contributed by atoms with Crippen molar-refractivity contribution in [3.8, 4) is 0 Å². The molecular formula is C14H20BrN3O2S. The second kappa shape index (κ2) is 9.83. The third-order valence-electron chi connectivity index (χ3n) is 2.76. The molecule has 7 heteroatoms. The fourth-order valence-electron chi connectivity index (χ4n) is 1.73. The van der Waals surface area contributed by atoms with Crippen molar-refractivity contribution in [1.82, 2.24) is 4.90 Å². The minimum atomic E-state index is -0.0767. The van der Waals surface area contributed by atoms with E-state index in [0.717, 1.165) is 10.2 Å². The number of benzene rings is 1. The molecule has 0 heterocycles. The number of rotatable bonds is 9. The summed E-state index contributed by atoms with van der Waals surface area (Å²) in [6.45, 7) is 2.13. The van der Waals surface area contributed by atoms with Crippen LogP contribution in [0.15, 0.2) is 28.7 Å². The third-order valence-corrected chi connectivity index (χ3v) is 3.46. The number of hydrogen-bond acceptors (Lipinski definition) is 4. The lowest BCUT2D eigenvalue weighted by molar-refractivity contribution is -0.117. The van der Waals surface area contributed by atoms with Gasteiger partial charge in [-0.05, 0) is 18.2 Å². The lowest BCUT2D eigenvalue weighted by Gasteiger charge is -2.21. The van der Waals surface area contributed by atoms with E-state index in [0.29, 0.717) is 31.1 Å². The van der Waals surface area contributed by atoms with Crippen molar-refractivity contribution in [3.63, 3.8) is 0 Å². The fourth-order valence-corrected chi connectivity index (χ4v) is 2.22. The lowest BCUT2D eigenvalue weighted by Crippen LogP contribution is -2.37. The molecule has 1 aromatic carbocycles. The Morgan fingerprint density at radius 2 is 2.24 bits per heavy atom. The molecule has 0 unspecified atom stereocenters. The van der Waals surface area contributed by atoms with Crippen LogP contribution >= 0.6 is 28.1 Å². The van der Waals surface area contributed by atoms with Gasteiger partial charge in [0, 0.05) is 36.8 Å². The molecule has 1 rings (SSSR count). The van der Waals surface area contributed by atoms with Gasteiger partial charge in [0.25, 0.3) is 0 Å². The van der Waals surface area contributed by atoms with Gasteiger partial charge in [-0.3, -0.25) is 9.69 Å². The molecule has 0 spiro atoms. The fraction of sp³-hybridized carbons (Fsp3) is 0.429. The van der Waals surface area contributed by atoms with Crippen molar-refractivity contribution >= 4 is 44.7 Å². The zero-order chi connectivity index (χ0) is 15.7. The minimum Gasteiger partial charge on any atom is -0.393 e. The SMILES string of the molecule is COCCN(CCC(N)=S)CC(=O)Nc1cccc(Br)c1. The van der Waals surface area contributed by atoms with E-state index >= 15 is 0 Å². The standard InChI is InChI=1S/C14H20BrN3O2S/c1-20-8-7-18(6-5-13(16)21)10-14(19)17-12-4-2-3-11(15)9-12/h2-4,9H,5-8,10H2,1H3,(H2,16,21)(H,17,19). The normalized spacial score (nSPS) is 10.6. The van der Waals surface area contributed by atoms with Gasteiger partial charge in [-0.25, -0.2) is 0 Å². The number of carbonyl (C=O) groups is 1. The molecule has 0 aliphatic heterocycles. The predicted molar refractivity (Wildman–Crippen MR) is 92.5 cm³/mol. The van der Waals surface area contributed by atoms with E-state index in [1.54, 1.807) is 7.11 Å². The van der Waals surface area contributed by atoms with Crippen molar-refractivity contribution in [1.29, 1.82) is 0 Å². The maximum absolute atomic E-state index is 12.1. The third kappa shape index (κ3) is 8.11. The largest absolute Gasteiger partial charge is 0.393 e. The summed E-state index contributed by atoms with van der Waals surface area (Å²) < 4.78 is 5.97. The number of thiocarbonyl (C=S) groups is 1. The monoisotopic (exact) mass is 373 g/mol. The van der Waals surface area contributed by atoms with E-state index in [-0.39, 0.29) is 12.5 Å². The Hall–Kier alpha value is -1.02. The summed E-state index contributed by atoms with van der Waals surface area (Å²) in [5.41, 5.74) is 6.27. The Bertz CT molecular complexity index is 485. The van der Waals surface area contributed by atoms with Crippen LogP contribution in [0, 0.1) is 0 Å². The Morgan fingerprint density at radius 1 is 1.48 bits per heavy atom. The van der Waals surface area contributed by atoms with Gasteiger partial charge in [0.05, 0.1) is 18.1 Å². The highest BCUT2D eigenvalue weighted by molar-refractivity contribution is 9.10. The first-order valence-electron chi connectivity index (χ1n) is 6.56. The smallest absolute Gasteiger partial charge is 0.238 e. The predicted octanol–water partition coefficient (Wildman–Crippen LogP) is 2.01. The molecule has 0 saturated heterocycles. The highest BCUT2D eigenvalue weighted by Crippen LogP contribution is 2.15. The second-order valence-corrected chi connectivity index (χ2v) is 5.98. The molecule has 0 fully saturated rings. The van der Waals surface area contributed by atoms with E-state index < -0.39 is 0 Å². The van der Waals surface area contributed by atoms with Crippen LogP contribution < -0.4 is 11.1 Å². The molecule has 0 aliphatic rings. The van der Waals surface area contributed by atoms with Gasteiger partial charge in [0.1, 0.15) is 0 Å². The number of hydrogen-bond donors (Lipinski definition) is 2. The van der Waals surface area contributed by atoms with Gasteiger partial charge in [-0.15, -0.1) is 0 Å². The van der Waals surface area contributed by atoms with Crippen molar-refractivity contribution in [3.05, 3.63) is 28.7 Å². The summed E-state index contributed by atoms with van der Waals surface area (Å²) in [4.78, 5) is 14.5. The van der Waals surface area contributed by atoms with Gasteiger partial charge in [0.2, 0.25) is 5.91 Å². The molecule has 5 nitrogen and oxygen atoms in total. The maximum atomic E-state index is 12.1. The summed E-state index contributed by atoms with van der Waals surface area (Å²) in [5, 5.41) is 2.86. The van der Waals surface area contributed by atoms with Crippen LogP contribution in [0.25, 0.3) is 0 Å². The van der Waals surface area contributed by atoms with Crippen LogP contribution in [0.1, 0.15) is 6.42 Å². The van der Waals surface area contributed by atoms with Crippen molar-refractivity contribution < 1.29 is 9.53 Å². The molecule has 116 valence electrons. The molecule has 0 atom stereocenters. The molecule has 3 N–H and O–H groups in total. The zero-order valence-corrected chi connectivity index (χ0v) is 14.4. The van der Waals surface area contributed by atoms with Crippen LogP contribution in [0.3, 0.4) is 0 Å².